The summed E-state index contributed by atoms with van der Waals surface area (Å²) in [4.78, 5) is 19.6. The van der Waals surface area contributed by atoms with Gasteiger partial charge in [0.15, 0.2) is 0 Å². The van der Waals surface area contributed by atoms with Gasteiger partial charge in [0.1, 0.15) is 10.6 Å². The fourth-order valence-corrected chi connectivity index (χ4v) is 4.99. The third kappa shape index (κ3) is 3.82. The Morgan fingerprint density at radius 2 is 2.15 bits per heavy atom. The van der Waals surface area contributed by atoms with Gasteiger partial charge in [0, 0.05) is 24.0 Å². The monoisotopic (exact) mass is 385 g/mol. The SMILES string of the molecule is CCCCn1cnc2sc3c(c2c1=O)CCC(NCc1ccc(F)cc1)C3. The minimum absolute atomic E-state index is 0.115. The molecule has 2 heterocycles. The molecule has 4 rings (SSSR count). The van der Waals surface area contributed by atoms with Crippen LogP contribution in [0.15, 0.2) is 35.4 Å². The summed E-state index contributed by atoms with van der Waals surface area (Å²) in [6.07, 6.45) is 6.59. The van der Waals surface area contributed by atoms with Crippen LogP contribution in [0, 0.1) is 5.82 Å². The Kier molecular flexibility index (Phi) is 5.36. The number of hydrogen-bond acceptors (Lipinski definition) is 4. The molecule has 1 atom stereocenters. The second-order valence-electron chi connectivity index (χ2n) is 7.23. The molecular formula is C21H24FN3OS. The molecule has 0 bridgehead atoms. The van der Waals surface area contributed by atoms with Gasteiger partial charge in [-0.1, -0.05) is 25.5 Å². The van der Waals surface area contributed by atoms with Gasteiger partial charge >= 0.3 is 0 Å². The molecule has 0 fully saturated rings. The molecule has 1 aliphatic rings. The number of nitrogens with zero attached hydrogens (tertiary/aromatic N) is 2. The van der Waals surface area contributed by atoms with Gasteiger partial charge in [-0.3, -0.25) is 9.36 Å². The van der Waals surface area contributed by atoms with Crippen molar-refractivity contribution in [1.82, 2.24) is 14.9 Å². The summed E-state index contributed by atoms with van der Waals surface area (Å²) in [7, 11) is 0. The lowest BCUT2D eigenvalue weighted by Crippen LogP contribution is -2.33. The van der Waals surface area contributed by atoms with Crippen LogP contribution in [0.25, 0.3) is 10.2 Å². The molecule has 0 radical (unpaired) electrons. The van der Waals surface area contributed by atoms with Gasteiger partial charge in [-0.15, -0.1) is 11.3 Å². The van der Waals surface area contributed by atoms with Gasteiger partial charge in [0.25, 0.3) is 5.56 Å². The number of unbranched alkanes of at least 4 members (excludes halogenated alkanes) is 1. The normalized spacial score (nSPS) is 16.6. The molecule has 2 aromatic heterocycles. The van der Waals surface area contributed by atoms with Gasteiger partial charge < -0.3 is 5.32 Å². The van der Waals surface area contributed by atoms with E-state index in [2.05, 4.69) is 17.2 Å². The molecule has 3 aromatic rings. The number of aryl methyl sites for hydroxylation is 2. The van der Waals surface area contributed by atoms with Crippen molar-refractivity contribution in [1.29, 1.82) is 0 Å². The van der Waals surface area contributed by atoms with Crippen LogP contribution in [0.3, 0.4) is 0 Å². The Bertz CT molecular complexity index is 993. The van der Waals surface area contributed by atoms with Crippen molar-refractivity contribution in [3.05, 3.63) is 62.8 Å². The summed E-state index contributed by atoms with van der Waals surface area (Å²) >= 11 is 1.66. The van der Waals surface area contributed by atoms with Crippen LogP contribution in [0.5, 0.6) is 0 Å². The lowest BCUT2D eigenvalue weighted by Gasteiger charge is -2.23. The average molecular weight is 386 g/mol. The maximum Gasteiger partial charge on any atom is 0.262 e. The van der Waals surface area contributed by atoms with Crippen molar-refractivity contribution in [2.24, 2.45) is 0 Å². The van der Waals surface area contributed by atoms with E-state index in [-0.39, 0.29) is 11.4 Å². The Morgan fingerprint density at radius 3 is 2.93 bits per heavy atom. The lowest BCUT2D eigenvalue weighted by molar-refractivity contribution is 0.462. The molecule has 142 valence electrons. The van der Waals surface area contributed by atoms with E-state index in [1.54, 1.807) is 22.2 Å². The number of halogens is 1. The zero-order valence-corrected chi connectivity index (χ0v) is 16.3. The van der Waals surface area contributed by atoms with Gasteiger partial charge in [-0.25, -0.2) is 9.37 Å². The zero-order valence-electron chi connectivity index (χ0n) is 15.5. The Labute approximate surface area is 162 Å². The second-order valence-corrected chi connectivity index (χ2v) is 8.31. The molecule has 0 spiro atoms. The third-order valence-electron chi connectivity index (χ3n) is 5.30. The number of rotatable bonds is 6. The van der Waals surface area contributed by atoms with Crippen LogP contribution < -0.4 is 10.9 Å². The highest BCUT2D eigenvalue weighted by molar-refractivity contribution is 7.18. The zero-order chi connectivity index (χ0) is 18.8. The summed E-state index contributed by atoms with van der Waals surface area (Å²) < 4.78 is 14.8. The second kappa shape index (κ2) is 7.90. The van der Waals surface area contributed by atoms with E-state index < -0.39 is 0 Å². The van der Waals surface area contributed by atoms with Gasteiger partial charge in [-0.2, -0.15) is 0 Å². The number of thiophene rings is 1. The Morgan fingerprint density at radius 1 is 1.33 bits per heavy atom. The smallest absolute Gasteiger partial charge is 0.262 e. The highest BCUT2D eigenvalue weighted by Crippen LogP contribution is 2.33. The van der Waals surface area contributed by atoms with E-state index in [1.165, 1.54) is 22.6 Å². The summed E-state index contributed by atoms with van der Waals surface area (Å²) in [6.45, 7) is 3.60. The molecule has 0 amide bonds. The van der Waals surface area contributed by atoms with Gasteiger partial charge in [-0.05, 0) is 48.9 Å². The number of fused-ring (bicyclic) bond motifs is 3. The molecule has 1 N–H and O–H groups in total. The molecule has 1 aromatic carbocycles. The van der Waals surface area contributed by atoms with Gasteiger partial charge in [0.05, 0.1) is 11.7 Å². The Hall–Kier alpha value is -2.05. The maximum absolute atomic E-state index is 13.0. The molecule has 4 nitrogen and oxygen atoms in total. The van der Waals surface area contributed by atoms with Crippen LogP contribution in [-0.2, 0) is 25.9 Å². The van der Waals surface area contributed by atoms with E-state index in [0.29, 0.717) is 6.04 Å². The highest BCUT2D eigenvalue weighted by Gasteiger charge is 2.25. The van der Waals surface area contributed by atoms with Crippen molar-refractivity contribution in [3.63, 3.8) is 0 Å². The molecule has 6 heteroatoms. The van der Waals surface area contributed by atoms with Crippen LogP contribution in [-0.4, -0.2) is 15.6 Å². The topological polar surface area (TPSA) is 46.9 Å². The van der Waals surface area contributed by atoms with Crippen LogP contribution in [0.2, 0.25) is 0 Å². The first-order valence-corrected chi connectivity index (χ1v) is 10.4. The summed E-state index contributed by atoms with van der Waals surface area (Å²) in [5, 5.41) is 4.42. The van der Waals surface area contributed by atoms with Crippen molar-refractivity contribution in [2.75, 3.05) is 0 Å². The fraction of sp³-hybridized carbons (Fsp3) is 0.429. The van der Waals surface area contributed by atoms with Crippen molar-refractivity contribution in [3.8, 4) is 0 Å². The van der Waals surface area contributed by atoms with E-state index in [1.807, 2.05) is 12.1 Å². The van der Waals surface area contributed by atoms with E-state index in [4.69, 9.17) is 0 Å². The first-order chi connectivity index (χ1) is 13.2. The average Bonchev–Trinajstić information content (AvgIpc) is 3.05. The molecular weight excluding hydrogens is 361 g/mol. The van der Waals surface area contributed by atoms with E-state index >= 15 is 0 Å². The van der Waals surface area contributed by atoms with E-state index in [9.17, 15) is 9.18 Å². The third-order valence-corrected chi connectivity index (χ3v) is 6.46. The van der Waals surface area contributed by atoms with Crippen LogP contribution in [0.1, 0.15) is 42.2 Å². The number of hydrogen-bond donors (Lipinski definition) is 1. The van der Waals surface area contributed by atoms with Gasteiger partial charge in [0.2, 0.25) is 0 Å². The van der Waals surface area contributed by atoms with Crippen molar-refractivity contribution >= 4 is 21.6 Å². The highest BCUT2D eigenvalue weighted by atomic mass is 32.1. The van der Waals surface area contributed by atoms with Crippen LogP contribution in [0.4, 0.5) is 4.39 Å². The standard InChI is InChI=1S/C21H24FN3OS/c1-2-3-10-25-13-24-20-19(21(25)26)17-9-8-16(11-18(17)27-20)23-12-14-4-6-15(22)7-5-14/h4-7,13,16,23H,2-3,8-12H2,1H3. The number of benzene rings is 1. The van der Waals surface area contributed by atoms with Crippen LogP contribution >= 0.6 is 11.3 Å². The summed E-state index contributed by atoms with van der Waals surface area (Å²) in [5.41, 5.74) is 2.40. The quantitative estimate of drug-likeness (QED) is 0.696. The molecule has 0 saturated heterocycles. The Balaban J connectivity index is 1.51. The summed E-state index contributed by atoms with van der Waals surface area (Å²) in [5.74, 6) is -0.205. The fourth-order valence-electron chi connectivity index (χ4n) is 3.73. The van der Waals surface area contributed by atoms with Crippen molar-refractivity contribution < 1.29 is 4.39 Å². The minimum Gasteiger partial charge on any atom is -0.310 e. The van der Waals surface area contributed by atoms with Crippen molar-refractivity contribution in [2.45, 2.75) is 58.2 Å². The number of nitrogens with one attached hydrogen (secondary N) is 1. The maximum atomic E-state index is 13.0. The predicted octanol–water partition coefficient (Wildman–Crippen LogP) is 4.04. The first-order valence-electron chi connectivity index (χ1n) is 9.63. The molecule has 27 heavy (non-hydrogen) atoms. The molecule has 1 unspecified atom stereocenters. The first kappa shape index (κ1) is 18.3. The number of aromatic nitrogens is 2. The predicted molar refractivity (Wildman–Crippen MR) is 108 cm³/mol. The largest absolute Gasteiger partial charge is 0.310 e. The summed E-state index contributed by atoms with van der Waals surface area (Å²) in [6, 6.07) is 7.00. The minimum atomic E-state index is -0.205. The van der Waals surface area contributed by atoms with E-state index in [0.717, 1.165) is 61.0 Å². The molecule has 0 saturated carbocycles. The molecule has 0 aliphatic heterocycles. The lowest BCUT2D eigenvalue weighted by atomic mass is 9.93. The molecule has 1 aliphatic carbocycles.